The molecule has 0 unspecified atom stereocenters. The van der Waals surface area contributed by atoms with Gasteiger partial charge in [-0.3, -0.25) is 9.78 Å². The van der Waals surface area contributed by atoms with Gasteiger partial charge in [0, 0.05) is 17.5 Å². The van der Waals surface area contributed by atoms with Gasteiger partial charge in [-0.2, -0.15) is 0 Å². The highest BCUT2D eigenvalue weighted by atomic mass is 16.4. The monoisotopic (exact) mass is 324 g/mol. The summed E-state index contributed by atoms with van der Waals surface area (Å²) in [5, 5.41) is 12.4. The van der Waals surface area contributed by atoms with Gasteiger partial charge in [0.2, 0.25) is 0 Å². The Morgan fingerprint density at radius 3 is 2.88 bits per heavy atom. The summed E-state index contributed by atoms with van der Waals surface area (Å²) in [7, 11) is 0. The lowest BCUT2D eigenvalue weighted by Gasteiger charge is -2.20. The lowest BCUT2D eigenvalue weighted by atomic mass is 9.87. The molecule has 0 fully saturated rings. The molecule has 0 atom stereocenters. The Labute approximate surface area is 142 Å². The zero-order valence-corrected chi connectivity index (χ0v) is 14.0. The van der Waals surface area contributed by atoms with E-state index in [9.17, 15) is 4.79 Å². The minimum Gasteiger partial charge on any atom is -0.411 e. The quantitative estimate of drug-likeness (QED) is 0.358. The first-order valence-corrected chi connectivity index (χ1v) is 8.89. The number of para-hydroxylation sites is 1. The molecule has 1 heterocycles. The number of carbonyl (C=O) groups is 1. The summed E-state index contributed by atoms with van der Waals surface area (Å²) in [6.45, 7) is 0. The number of unbranched alkanes of at least 4 members (excludes halogenated alkanes) is 2. The van der Waals surface area contributed by atoms with Gasteiger partial charge in [-0.25, -0.2) is 0 Å². The minimum absolute atomic E-state index is 0.107. The molecule has 1 aromatic heterocycles. The number of benzene rings is 1. The van der Waals surface area contributed by atoms with Crippen LogP contribution in [0.4, 0.5) is 0 Å². The Hall–Kier alpha value is -2.23. The van der Waals surface area contributed by atoms with Gasteiger partial charge < -0.3 is 5.21 Å². The molecule has 1 aliphatic rings. The summed E-state index contributed by atoms with van der Waals surface area (Å²) in [5.74, 6) is -0.107. The van der Waals surface area contributed by atoms with E-state index in [2.05, 4.69) is 29.4 Å². The van der Waals surface area contributed by atoms with E-state index in [-0.39, 0.29) is 5.78 Å². The molecule has 3 rings (SSSR count). The first-order valence-electron chi connectivity index (χ1n) is 8.89. The Bertz CT molecular complexity index is 753. The van der Waals surface area contributed by atoms with Gasteiger partial charge in [0.25, 0.3) is 0 Å². The molecule has 1 aromatic carbocycles. The number of hydrogen-bond donors (Lipinski definition) is 1. The summed E-state index contributed by atoms with van der Waals surface area (Å²) < 4.78 is 0. The van der Waals surface area contributed by atoms with Gasteiger partial charge in [-0.15, -0.1) is 0 Å². The summed E-state index contributed by atoms with van der Waals surface area (Å²) in [5.41, 5.74) is 5.36. The lowest BCUT2D eigenvalue weighted by Crippen LogP contribution is -2.10. The second kappa shape index (κ2) is 8.04. The van der Waals surface area contributed by atoms with Gasteiger partial charge in [-0.1, -0.05) is 29.8 Å². The molecule has 1 aliphatic carbocycles. The molecule has 126 valence electrons. The standard InChI is InChI=1S/C20H24N2O2/c23-15(14-21-24)8-2-1-3-9-16-17-10-4-6-12-19(17)22-20-13-7-5-11-18(16)20/h4,6,10,12,14,24H,1-3,5,7-9,11,13H2/b21-14+. The van der Waals surface area contributed by atoms with Crippen LogP contribution in [0.3, 0.4) is 0 Å². The molecule has 0 aliphatic heterocycles. The normalized spacial score (nSPS) is 14.2. The SMILES string of the molecule is O=C(/C=N/O)CCCCCc1c2c(nc3ccccc13)CCCC2. The van der Waals surface area contributed by atoms with Gasteiger partial charge in [0.1, 0.15) is 6.21 Å². The zero-order chi connectivity index (χ0) is 16.8. The average Bonchev–Trinajstić information content (AvgIpc) is 2.61. The van der Waals surface area contributed by atoms with Crippen molar-refractivity contribution in [2.75, 3.05) is 0 Å². The number of aromatic nitrogens is 1. The molecule has 0 amide bonds. The maximum atomic E-state index is 11.3. The van der Waals surface area contributed by atoms with Crippen LogP contribution in [0.2, 0.25) is 0 Å². The van der Waals surface area contributed by atoms with E-state index in [0.717, 1.165) is 50.3 Å². The number of fused-ring (bicyclic) bond motifs is 2. The summed E-state index contributed by atoms with van der Waals surface area (Å²) in [6, 6.07) is 8.45. The molecule has 4 nitrogen and oxygen atoms in total. The number of nitrogens with zero attached hydrogens (tertiary/aromatic N) is 2. The molecule has 24 heavy (non-hydrogen) atoms. The molecular weight excluding hydrogens is 300 g/mol. The highest BCUT2D eigenvalue weighted by Crippen LogP contribution is 2.30. The van der Waals surface area contributed by atoms with E-state index < -0.39 is 0 Å². The van der Waals surface area contributed by atoms with Crippen LogP contribution in [0, 0.1) is 0 Å². The Balaban J connectivity index is 1.70. The zero-order valence-electron chi connectivity index (χ0n) is 14.0. The summed E-state index contributed by atoms with van der Waals surface area (Å²) in [6.07, 6.45) is 10.2. The van der Waals surface area contributed by atoms with Crippen molar-refractivity contribution in [1.29, 1.82) is 0 Å². The first kappa shape index (κ1) is 16.6. The number of ketones is 1. The molecule has 0 saturated heterocycles. The van der Waals surface area contributed by atoms with E-state index in [1.807, 2.05) is 0 Å². The summed E-state index contributed by atoms with van der Waals surface area (Å²) in [4.78, 5) is 16.2. The third kappa shape index (κ3) is 3.81. The van der Waals surface area contributed by atoms with E-state index in [0.29, 0.717) is 6.42 Å². The molecule has 0 saturated carbocycles. The highest BCUT2D eigenvalue weighted by Gasteiger charge is 2.17. The largest absolute Gasteiger partial charge is 0.411 e. The van der Waals surface area contributed by atoms with Crippen molar-refractivity contribution in [2.45, 2.75) is 57.8 Å². The van der Waals surface area contributed by atoms with Gasteiger partial charge >= 0.3 is 0 Å². The predicted octanol–water partition coefficient (Wildman–Crippen LogP) is 4.25. The predicted molar refractivity (Wildman–Crippen MR) is 95.8 cm³/mol. The fourth-order valence-corrected chi connectivity index (χ4v) is 3.66. The van der Waals surface area contributed by atoms with Crippen LogP contribution in [-0.2, 0) is 24.1 Å². The molecule has 2 aromatic rings. The van der Waals surface area contributed by atoms with Crippen molar-refractivity contribution < 1.29 is 10.0 Å². The third-order valence-corrected chi connectivity index (χ3v) is 4.84. The van der Waals surface area contributed by atoms with Gasteiger partial charge in [0.05, 0.1) is 5.52 Å². The average molecular weight is 324 g/mol. The second-order valence-corrected chi connectivity index (χ2v) is 6.51. The van der Waals surface area contributed by atoms with Crippen LogP contribution in [0.1, 0.15) is 55.3 Å². The fourth-order valence-electron chi connectivity index (χ4n) is 3.66. The number of aryl methyl sites for hydroxylation is 2. The van der Waals surface area contributed by atoms with Crippen LogP contribution in [0.15, 0.2) is 29.4 Å². The molecule has 0 radical (unpaired) electrons. The Morgan fingerprint density at radius 2 is 2.00 bits per heavy atom. The maximum absolute atomic E-state index is 11.3. The third-order valence-electron chi connectivity index (χ3n) is 4.84. The van der Waals surface area contributed by atoms with Crippen LogP contribution >= 0.6 is 0 Å². The number of carbonyl (C=O) groups excluding carboxylic acids is 1. The van der Waals surface area contributed by atoms with Crippen molar-refractivity contribution in [3.63, 3.8) is 0 Å². The minimum atomic E-state index is -0.107. The highest BCUT2D eigenvalue weighted by molar-refractivity contribution is 6.27. The fraction of sp³-hybridized carbons (Fsp3) is 0.450. The lowest BCUT2D eigenvalue weighted by molar-refractivity contribution is -0.112. The number of pyridine rings is 1. The van der Waals surface area contributed by atoms with Crippen molar-refractivity contribution in [3.05, 3.63) is 41.1 Å². The maximum Gasteiger partial charge on any atom is 0.177 e. The van der Waals surface area contributed by atoms with E-state index in [1.54, 1.807) is 0 Å². The number of Topliss-reactive ketones (excluding diaryl/α,β-unsaturated/α-hetero) is 1. The number of oxime groups is 1. The van der Waals surface area contributed by atoms with Crippen LogP contribution < -0.4 is 0 Å². The van der Waals surface area contributed by atoms with Crippen LogP contribution in [0.5, 0.6) is 0 Å². The van der Waals surface area contributed by atoms with Crippen molar-refractivity contribution in [1.82, 2.24) is 4.98 Å². The van der Waals surface area contributed by atoms with E-state index in [1.165, 1.54) is 35.0 Å². The molecule has 0 spiro atoms. The second-order valence-electron chi connectivity index (χ2n) is 6.51. The van der Waals surface area contributed by atoms with Crippen molar-refractivity contribution in [2.24, 2.45) is 5.16 Å². The number of hydrogen-bond acceptors (Lipinski definition) is 4. The van der Waals surface area contributed by atoms with Crippen molar-refractivity contribution >= 4 is 22.9 Å². The van der Waals surface area contributed by atoms with E-state index >= 15 is 0 Å². The molecule has 4 heteroatoms. The summed E-state index contributed by atoms with van der Waals surface area (Å²) >= 11 is 0. The first-order chi connectivity index (χ1) is 11.8. The van der Waals surface area contributed by atoms with Crippen molar-refractivity contribution in [3.8, 4) is 0 Å². The van der Waals surface area contributed by atoms with E-state index in [4.69, 9.17) is 10.2 Å². The van der Waals surface area contributed by atoms with Crippen LogP contribution in [-0.4, -0.2) is 22.2 Å². The molecular formula is C20H24N2O2. The van der Waals surface area contributed by atoms with Gasteiger partial charge in [0.15, 0.2) is 5.78 Å². The Morgan fingerprint density at radius 1 is 1.17 bits per heavy atom. The van der Waals surface area contributed by atoms with Crippen LogP contribution in [0.25, 0.3) is 10.9 Å². The number of rotatable bonds is 7. The Kier molecular flexibility index (Phi) is 5.57. The topological polar surface area (TPSA) is 62.5 Å². The van der Waals surface area contributed by atoms with Gasteiger partial charge in [-0.05, 0) is 62.1 Å². The molecule has 0 bridgehead atoms. The smallest absolute Gasteiger partial charge is 0.177 e. The molecule has 1 N–H and O–H groups in total.